The molecule has 1 amide bonds. The van der Waals surface area contributed by atoms with Crippen LogP contribution in [0.5, 0.6) is 11.6 Å². The van der Waals surface area contributed by atoms with Gasteiger partial charge in [0.1, 0.15) is 17.1 Å². The number of nitrogen functional groups attached to an aromatic ring is 1. The van der Waals surface area contributed by atoms with Gasteiger partial charge in [0.2, 0.25) is 5.88 Å². The zero-order chi connectivity index (χ0) is 15.9. The number of nitrogens with zero attached hydrogens (tertiary/aromatic N) is 2. The second kappa shape index (κ2) is 7.37. The lowest BCUT2D eigenvalue weighted by Gasteiger charge is -2.10. The third kappa shape index (κ3) is 3.50. The van der Waals surface area contributed by atoms with Crippen LogP contribution >= 0.6 is 0 Å². The van der Waals surface area contributed by atoms with Crippen LogP contribution in [-0.2, 0) is 0 Å². The summed E-state index contributed by atoms with van der Waals surface area (Å²) in [6.07, 6.45) is 1.32. The van der Waals surface area contributed by atoms with Gasteiger partial charge in [-0.15, -0.1) is 0 Å². The number of aromatic nitrogens is 2. The van der Waals surface area contributed by atoms with Crippen molar-refractivity contribution in [2.24, 2.45) is 5.84 Å². The zero-order valence-electron chi connectivity index (χ0n) is 12.5. The lowest BCUT2D eigenvalue weighted by Crippen LogP contribution is -2.31. The van der Waals surface area contributed by atoms with Crippen molar-refractivity contribution < 1.29 is 14.3 Å². The van der Waals surface area contributed by atoms with Crippen LogP contribution < -0.4 is 20.7 Å². The average Bonchev–Trinajstić information content (AvgIpc) is 2.56. The maximum Gasteiger partial charge on any atom is 0.285 e. The van der Waals surface area contributed by atoms with Crippen LogP contribution in [0.1, 0.15) is 24.3 Å². The Labute approximate surface area is 128 Å². The molecular formula is C15H18N4O3. The number of nitrogens with two attached hydrogens (primary N) is 1. The van der Waals surface area contributed by atoms with Crippen LogP contribution in [0.3, 0.4) is 0 Å². The molecule has 7 heteroatoms. The molecule has 0 spiro atoms. The van der Waals surface area contributed by atoms with Gasteiger partial charge >= 0.3 is 0 Å². The normalized spacial score (nSPS) is 10.1. The summed E-state index contributed by atoms with van der Waals surface area (Å²) in [6, 6.07) is 7.32. The van der Waals surface area contributed by atoms with Gasteiger partial charge < -0.3 is 9.47 Å². The standard InChI is InChI=1S/C15H18N4O3/c1-3-21-11-7-5-10(6-8-11)13-15(22-4-2)17-9-12(18-13)14(20)19-16/h5-9H,3-4,16H2,1-2H3,(H,19,20). The van der Waals surface area contributed by atoms with Crippen LogP contribution in [0.4, 0.5) is 0 Å². The molecule has 1 aromatic carbocycles. The van der Waals surface area contributed by atoms with E-state index < -0.39 is 5.91 Å². The minimum Gasteiger partial charge on any atom is -0.494 e. The molecule has 1 heterocycles. The Morgan fingerprint density at radius 2 is 1.86 bits per heavy atom. The molecule has 2 rings (SSSR count). The first kappa shape index (κ1) is 15.7. The third-order valence-electron chi connectivity index (χ3n) is 2.82. The average molecular weight is 302 g/mol. The predicted molar refractivity (Wildman–Crippen MR) is 81.5 cm³/mol. The van der Waals surface area contributed by atoms with E-state index in [4.69, 9.17) is 15.3 Å². The molecule has 7 nitrogen and oxygen atoms in total. The number of hydrogen-bond donors (Lipinski definition) is 2. The summed E-state index contributed by atoms with van der Waals surface area (Å²) in [6.45, 7) is 4.81. The first-order chi connectivity index (χ1) is 10.7. The molecule has 0 aliphatic rings. The Bertz CT molecular complexity index is 644. The van der Waals surface area contributed by atoms with E-state index in [0.29, 0.717) is 24.8 Å². The van der Waals surface area contributed by atoms with Gasteiger partial charge in [-0.2, -0.15) is 0 Å². The minimum absolute atomic E-state index is 0.120. The zero-order valence-corrected chi connectivity index (χ0v) is 12.5. The van der Waals surface area contributed by atoms with Crippen molar-refractivity contribution in [1.82, 2.24) is 15.4 Å². The SMILES string of the molecule is CCOc1ccc(-c2nc(C(=O)NN)cnc2OCC)cc1. The predicted octanol–water partition coefficient (Wildman–Crippen LogP) is 1.54. The van der Waals surface area contributed by atoms with E-state index in [0.717, 1.165) is 11.3 Å². The molecule has 0 saturated heterocycles. The van der Waals surface area contributed by atoms with Gasteiger partial charge in [0, 0.05) is 5.56 Å². The van der Waals surface area contributed by atoms with Crippen LogP contribution in [0.25, 0.3) is 11.3 Å². The van der Waals surface area contributed by atoms with Crippen LogP contribution in [0.15, 0.2) is 30.5 Å². The number of benzene rings is 1. The van der Waals surface area contributed by atoms with Gasteiger partial charge in [0.15, 0.2) is 0 Å². The molecule has 22 heavy (non-hydrogen) atoms. The highest BCUT2D eigenvalue weighted by Gasteiger charge is 2.15. The first-order valence-corrected chi connectivity index (χ1v) is 6.93. The van der Waals surface area contributed by atoms with Crippen molar-refractivity contribution in [1.29, 1.82) is 0 Å². The monoisotopic (exact) mass is 302 g/mol. The Kier molecular flexibility index (Phi) is 5.26. The number of amides is 1. The number of carbonyl (C=O) groups is 1. The Morgan fingerprint density at radius 1 is 1.18 bits per heavy atom. The van der Waals surface area contributed by atoms with Crippen molar-refractivity contribution in [2.45, 2.75) is 13.8 Å². The fourth-order valence-corrected chi connectivity index (χ4v) is 1.87. The van der Waals surface area contributed by atoms with E-state index in [9.17, 15) is 4.79 Å². The van der Waals surface area contributed by atoms with Gasteiger partial charge in [0.25, 0.3) is 5.91 Å². The van der Waals surface area contributed by atoms with E-state index in [1.807, 2.05) is 43.5 Å². The fraction of sp³-hybridized carbons (Fsp3) is 0.267. The van der Waals surface area contributed by atoms with Crippen molar-refractivity contribution >= 4 is 5.91 Å². The van der Waals surface area contributed by atoms with Gasteiger partial charge in [-0.25, -0.2) is 15.8 Å². The van der Waals surface area contributed by atoms with E-state index >= 15 is 0 Å². The molecule has 116 valence electrons. The maximum atomic E-state index is 11.6. The summed E-state index contributed by atoms with van der Waals surface area (Å²) in [4.78, 5) is 20.0. The molecule has 1 aromatic heterocycles. The molecule has 0 atom stereocenters. The van der Waals surface area contributed by atoms with Crippen LogP contribution in [0, 0.1) is 0 Å². The van der Waals surface area contributed by atoms with Crippen LogP contribution in [-0.4, -0.2) is 29.1 Å². The quantitative estimate of drug-likeness (QED) is 0.477. The van der Waals surface area contributed by atoms with Crippen molar-refractivity contribution in [2.75, 3.05) is 13.2 Å². The van der Waals surface area contributed by atoms with Crippen molar-refractivity contribution in [3.8, 4) is 22.9 Å². The fourth-order valence-electron chi connectivity index (χ4n) is 1.87. The topological polar surface area (TPSA) is 99.4 Å². The minimum atomic E-state index is -0.511. The van der Waals surface area contributed by atoms with E-state index in [2.05, 4.69) is 9.97 Å². The van der Waals surface area contributed by atoms with Crippen molar-refractivity contribution in [3.05, 3.63) is 36.2 Å². The Morgan fingerprint density at radius 3 is 2.45 bits per heavy atom. The second-order valence-electron chi connectivity index (χ2n) is 4.27. The molecule has 0 fully saturated rings. The number of carbonyl (C=O) groups excluding carboxylic acids is 1. The van der Waals surface area contributed by atoms with Gasteiger partial charge in [0.05, 0.1) is 19.4 Å². The van der Waals surface area contributed by atoms with E-state index in [1.165, 1.54) is 6.20 Å². The number of hydrazine groups is 1. The largest absolute Gasteiger partial charge is 0.494 e. The maximum absolute atomic E-state index is 11.6. The molecule has 0 aliphatic heterocycles. The highest BCUT2D eigenvalue weighted by atomic mass is 16.5. The molecular weight excluding hydrogens is 284 g/mol. The molecule has 0 aliphatic carbocycles. The summed E-state index contributed by atoms with van der Waals surface area (Å²) >= 11 is 0. The molecule has 0 radical (unpaired) electrons. The smallest absolute Gasteiger partial charge is 0.285 e. The van der Waals surface area contributed by atoms with E-state index in [1.54, 1.807) is 0 Å². The lowest BCUT2D eigenvalue weighted by atomic mass is 10.1. The summed E-state index contributed by atoms with van der Waals surface area (Å²) < 4.78 is 10.9. The Hall–Kier alpha value is -2.67. The molecule has 0 bridgehead atoms. The highest BCUT2D eigenvalue weighted by Crippen LogP contribution is 2.28. The summed E-state index contributed by atoms with van der Waals surface area (Å²) in [5, 5.41) is 0. The van der Waals surface area contributed by atoms with Gasteiger partial charge in [-0.3, -0.25) is 10.2 Å². The van der Waals surface area contributed by atoms with E-state index in [-0.39, 0.29) is 5.69 Å². The molecule has 2 aromatic rings. The number of ether oxygens (including phenoxy) is 2. The van der Waals surface area contributed by atoms with Gasteiger partial charge in [-0.05, 0) is 38.1 Å². The number of nitrogens with one attached hydrogen (secondary N) is 1. The lowest BCUT2D eigenvalue weighted by molar-refractivity contribution is 0.0948. The summed E-state index contributed by atoms with van der Waals surface area (Å²) in [7, 11) is 0. The highest BCUT2D eigenvalue weighted by molar-refractivity contribution is 5.92. The summed E-state index contributed by atoms with van der Waals surface area (Å²) in [5.74, 6) is 5.74. The van der Waals surface area contributed by atoms with Crippen molar-refractivity contribution in [3.63, 3.8) is 0 Å². The summed E-state index contributed by atoms with van der Waals surface area (Å²) in [5.41, 5.74) is 3.40. The molecule has 0 saturated carbocycles. The first-order valence-electron chi connectivity index (χ1n) is 6.93. The van der Waals surface area contributed by atoms with Crippen LogP contribution in [0.2, 0.25) is 0 Å². The van der Waals surface area contributed by atoms with Gasteiger partial charge in [-0.1, -0.05) is 0 Å². The Balaban J connectivity index is 2.43. The number of hydrogen-bond acceptors (Lipinski definition) is 6. The third-order valence-corrected chi connectivity index (χ3v) is 2.82. The second-order valence-corrected chi connectivity index (χ2v) is 4.27. The number of rotatable bonds is 6. The molecule has 3 N–H and O–H groups in total. The molecule has 0 unspecified atom stereocenters.